The number of ether oxygens (including phenoxy) is 1. The van der Waals surface area contributed by atoms with Gasteiger partial charge in [-0.25, -0.2) is 0 Å². The van der Waals surface area contributed by atoms with Crippen LogP contribution in [0.25, 0.3) is 0 Å². The Hall–Kier alpha value is -1.77. The number of hydrogen-bond donors (Lipinski definition) is 1. The highest BCUT2D eigenvalue weighted by Gasteiger charge is 2.17. The average molecular weight is 261 g/mol. The van der Waals surface area contributed by atoms with E-state index in [-0.39, 0.29) is 5.91 Å². The van der Waals surface area contributed by atoms with E-state index >= 15 is 0 Å². The molecule has 19 heavy (non-hydrogen) atoms. The van der Waals surface area contributed by atoms with Crippen molar-refractivity contribution >= 4 is 5.91 Å². The molecule has 0 spiro atoms. The van der Waals surface area contributed by atoms with Gasteiger partial charge in [0.25, 0.3) is 0 Å². The van der Waals surface area contributed by atoms with E-state index in [0.29, 0.717) is 12.2 Å². The third-order valence-electron chi connectivity index (χ3n) is 3.22. The first-order chi connectivity index (χ1) is 9.06. The number of amides is 1. The Morgan fingerprint density at radius 2 is 2.16 bits per heavy atom. The van der Waals surface area contributed by atoms with Gasteiger partial charge in [0.05, 0.1) is 0 Å². The number of rotatable bonds is 7. The van der Waals surface area contributed by atoms with E-state index in [1.807, 2.05) is 13.0 Å². The molecule has 1 amide bonds. The van der Waals surface area contributed by atoms with Crippen LogP contribution in [0.2, 0.25) is 0 Å². The molecule has 3 nitrogen and oxygen atoms in total. The second kappa shape index (κ2) is 6.98. The van der Waals surface area contributed by atoms with Gasteiger partial charge in [0.1, 0.15) is 12.4 Å². The van der Waals surface area contributed by atoms with Gasteiger partial charge in [0.2, 0.25) is 5.91 Å². The zero-order valence-corrected chi connectivity index (χ0v) is 12.1. The first-order valence-electron chi connectivity index (χ1n) is 6.75. The van der Waals surface area contributed by atoms with E-state index < -0.39 is 0 Å². The normalized spacial score (nSPS) is 10.3. The minimum absolute atomic E-state index is 0.375. The van der Waals surface area contributed by atoms with Crippen LogP contribution in [0.15, 0.2) is 18.7 Å². The van der Waals surface area contributed by atoms with Crippen molar-refractivity contribution in [3.8, 4) is 5.75 Å². The highest BCUT2D eigenvalue weighted by molar-refractivity contribution is 5.95. The Morgan fingerprint density at radius 1 is 1.47 bits per heavy atom. The third kappa shape index (κ3) is 3.37. The number of aryl methyl sites for hydroxylation is 1. The Kier molecular flexibility index (Phi) is 5.61. The summed E-state index contributed by atoms with van der Waals surface area (Å²) < 4.78 is 5.81. The van der Waals surface area contributed by atoms with Crippen LogP contribution in [0, 0.1) is 6.92 Å². The van der Waals surface area contributed by atoms with Crippen molar-refractivity contribution in [2.24, 2.45) is 5.73 Å². The fraction of sp³-hybridized carbons (Fsp3) is 0.438. The van der Waals surface area contributed by atoms with Crippen LogP contribution in [0.1, 0.15) is 47.3 Å². The first-order valence-corrected chi connectivity index (χ1v) is 6.75. The molecule has 0 aromatic heterocycles. The number of primary amides is 1. The zero-order valence-electron chi connectivity index (χ0n) is 12.1. The second-order valence-corrected chi connectivity index (χ2v) is 4.58. The molecule has 0 atom stereocenters. The fourth-order valence-corrected chi connectivity index (χ4v) is 2.33. The minimum atomic E-state index is -0.375. The van der Waals surface area contributed by atoms with E-state index in [1.165, 1.54) is 0 Å². The maximum Gasteiger partial charge on any atom is 0.248 e. The number of benzene rings is 1. The smallest absolute Gasteiger partial charge is 0.248 e. The van der Waals surface area contributed by atoms with Gasteiger partial charge in [-0.1, -0.05) is 32.9 Å². The molecule has 0 aliphatic carbocycles. The topological polar surface area (TPSA) is 52.3 Å². The van der Waals surface area contributed by atoms with Crippen LogP contribution >= 0.6 is 0 Å². The van der Waals surface area contributed by atoms with Gasteiger partial charge in [-0.05, 0) is 42.5 Å². The summed E-state index contributed by atoms with van der Waals surface area (Å²) in [4.78, 5) is 11.5. The molecular formula is C16H23NO2. The molecule has 0 aliphatic heterocycles. The van der Waals surface area contributed by atoms with Crippen molar-refractivity contribution in [2.45, 2.75) is 40.0 Å². The summed E-state index contributed by atoms with van der Waals surface area (Å²) in [6.07, 6.45) is 4.41. The maximum absolute atomic E-state index is 11.5. The molecule has 1 aromatic carbocycles. The molecular weight excluding hydrogens is 238 g/mol. The van der Waals surface area contributed by atoms with Gasteiger partial charge >= 0.3 is 0 Å². The van der Waals surface area contributed by atoms with Crippen LogP contribution in [-0.4, -0.2) is 12.5 Å². The van der Waals surface area contributed by atoms with E-state index in [1.54, 1.807) is 6.08 Å². The SMILES string of the molecule is C=CCOc1c(CCC)cc(C(N)=O)c(C)c1CC. The van der Waals surface area contributed by atoms with Crippen LogP contribution in [0.5, 0.6) is 5.75 Å². The summed E-state index contributed by atoms with van der Waals surface area (Å²) in [5, 5.41) is 0. The van der Waals surface area contributed by atoms with Gasteiger partial charge in [-0.2, -0.15) is 0 Å². The van der Waals surface area contributed by atoms with Gasteiger partial charge in [-0.3, -0.25) is 4.79 Å². The summed E-state index contributed by atoms with van der Waals surface area (Å²) in [6.45, 7) is 10.2. The molecule has 0 bridgehead atoms. The van der Waals surface area contributed by atoms with E-state index in [0.717, 1.165) is 41.7 Å². The van der Waals surface area contributed by atoms with Gasteiger partial charge in [-0.15, -0.1) is 0 Å². The van der Waals surface area contributed by atoms with Crippen LogP contribution in [0.3, 0.4) is 0 Å². The van der Waals surface area contributed by atoms with Crippen LogP contribution in [-0.2, 0) is 12.8 Å². The van der Waals surface area contributed by atoms with Crippen molar-refractivity contribution in [3.63, 3.8) is 0 Å². The maximum atomic E-state index is 11.5. The Labute approximate surface area is 115 Å². The molecule has 0 radical (unpaired) electrons. The van der Waals surface area contributed by atoms with Crippen molar-refractivity contribution in [1.82, 2.24) is 0 Å². The molecule has 0 fully saturated rings. The minimum Gasteiger partial charge on any atom is -0.489 e. The van der Waals surface area contributed by atoms with E-state index in [4.69, 9.17) is 10.5 Å². The molecule has 0 aliphatic rings. The predicted molar refractivity (Wildman–Crippen MR) is 78.8 cm³/mol. The van der Waals surface area contributed by atoms with Crippen molar-refractivity contribution in [1.29, 1.82) is 0 Å². The monoisotopic (exact) mass is 261 g/mol. The summed E-state index contributed by atoms with van der Waals surface area (Å²) in [7, 11) is 0. The predicted octanol–water partition coefficient (Wildman–Crippen LogP) is 3.17. The van der Waals surface area contributed by atoms with Crippen molar-refractivity contribution in [3.05, 3.63) is 41.0 Å². The summed E-state index contributed by atoms with van der Waals surface area (Å²) in [5.74, 6) is 0.520. The molecule has 0 unspecified atom stereocenters. The molecule has 1 rings (SSSR count). The Balaban J connectivity index is 3.43. The lowest BCUT2D eigenvalue weighted by atomic mass is 9.93. The molecule has 0 saturated heterocycles. The molecule has 104 valence electrons. The molecule has 1 aromatic rings. The van der Waals surface area contributed by atoms with Gasteiger partial charge in [0, 0.05) is 5.56 Å². The molecule has 3 heteroatoms. The lowest BCUT2D eigenvalue weighted by molar-refractivity contribution is 0.0999. The highest BCUT2D eigenvalue weighted by Crippen LogP contribution is 2.31. The molecule has 0 saturated carbocycles. The lowest BCUT2D eigenvalue weighted by Gasteiger charge is -2.18. The number of carbonyl (C=O) groups is 1. The fourth-order valence-electron chi connectivity index (χ4n) is 2.33. The zero-order chi connectivity index (χ0) is 14.4. The lowest BCUT2D eigenvalue weighted by Crippen LogP contribution is -2.16. The van der Waals surface area contributed by atoms with E-state index in [9.17, 15) is 4.79 Å². The number of hydrogen-bond acceptors (Lipinski definition) is 2. The van der Waals surface area contributed by atoms with Crippen LogP contribution in [0.4, 0.5) is 0 Å². The second-order valence-electron chi connectivity index (χ2n) is 4.58. The van der Waals surface area contributed by atoms with Crippen LogP contribution < -0.4 is 10.5 Å². The summed E-state index contributed by atoms with van der Waals surface area (Å²) in [5.41, 5.74) is 9.11. The Bertz CT molecular complexity index is 478. The average Bonchev–Trinajstić information content (AvgIpc) is 2.38. The summed E-state index contributed by atoms with van der Waals surface area (Å²) in [6, 6.07) is 1.87. The highest BCUT2D eigenvalue weighted by atomic mass is 16.5. The van der Waals surface area contributed by atoms with E-state index in [2.05, 4.69) is 20.4 Å². The Morgan fingerprint density at radius 3 is 2.63 bits per heavy atom. The van der Waals surface area contributed by atoms with Crippen molar-refractivity contribution in [2.75, 3.05) is 6.61 Å². The first kappa shape index (κ1) is 15.3. The molecule has 0 heterocycles. The third-order valence-corrected chi connectivity index (χ3v) is 3.22. The molecule has 2 N–H and O–H groups in total. The number of carbonyl (C=O) groups excluding carboxylic acids is 1. The largest absolute Gasteiger partial charge is 0.489 e. The van der Waals surface area contributed by atoms with Crippen molar-refractivity contribution < 1.29 is 9.53 Å². The standard InChI is InChI=1S/C16H23NO2/c1-5-8-12-10-14(16(17)18)11(4)13(7-3)15(12)19-9-6-2/h6,10H,2,5,7-9H2,1,3-4H3,(H2,17,18). The quantitative estimate of drug-likeness (QED) is 0.766. The summed E-state index contributed by atoms with van der Waals surface area (Å²) >= 11 is 0. The van der Waals surface area contributed by atoms with Gasteiger partial charge < -0.3 is 10.5 Å². The number of nitrogens with two attached hydrogens (primary N) is 1. The van der Waals surface area contributed by atoms with Gasteiger partial charge in [0.15, 0.2) is 0 Å².